The van der Waals surface area contributed by atoms with Crippen LogP contribution in [0.15, 0.2) is 18.3 Å². The highest BCUT2D eigenvalue weighted by Crippen LogP contribution is 2.39. The number of aromatic nitrogens is 2. The molecule has 15 heavy (non-hydrogen) atoms. The van der Waals surface area contributed by atoms with E-state index in [1.54, 1.807) is 6.20 Å². The molecule has 0 N–H and O–H groups in total. The van der Waals surface area contributed by atoms with Crippen molar-refractivity contribution in [1.29, 1.82) is 0 Å². The van der Waals surface area contributed by atoms with Crippen molar-refractivity contribution in [2.24, 2.45) is 0 Å². The number of anilines is 1. The molecule has 2 bridgehead atoms. The molecule has 0 saturated carbocycles. The second-order valence-electron chi connectivity index (χ2n) is 4.44. The van der Waals surface area contributed by atoms with E-state index in [-0.39, 0.29) is 0 Å². The van der Waals surface area contributed by atoms with Gasteiger partial charge in [-0.1, -0.05) is 0 Å². The zero-order valence-electron chi connectivity index (χ0n) is 8.51. The monoisotopic (exact) mass is 223 g/mol. The largest absolute Gasteiger partial charge is 0.349 e. The fourth-order valence-electron chi connectivity index (χ4n) is 2.92. The van der Waals surface area contributed by atoms with Gasteiger partial charge in [0.25, 0.3) is 0 Å². The lowest BCUT2D eigenvalue weighted by Crippen LogP contribution is -2.43. The summed E-state index contributed by atoms with van der Waals surface area (Å²) in [5.74, 6) is 1.02. The highest BCUT2D eigenvalue weighted by molar-refractivity contribution is 6.20. The maximum atomic E-state index is 6.24. The molecule has 0 aromatic carbocycles. The summed E-state index contributed by atoms with van der Waals surface area (Å²) in [7, 11) is 0. The average Bonchev–Trinajstić information content (AvgIpc) is 2.53. The van der Waals surface area contributed by atoms with Crippen LogP contribution < -0.4 is 4.90 Å². The van der Waals surface area contributed by atoms with Gasteiger partial charge in [-0.15, -0.1) is 16.7 Å². The Kier molecular flexibility index (Phi) is 2.28. The van der Waals surface area contributed by atoms with E-state index in [9.17, 15) is 0 Å². The Bertz CT molecular complexity index is 329. The molecular formula is C11H14ClN3. The molecule has 2 saturated heterocycles. The quantitative estimate of drug-likeness (QED) is 0.684. The van der Waals surface area contributed by atoms with Gasteiger partial charge in [0.2, 0.25) is 0 Å². The van der Waals surface area contributed by atoms with E-state index in [4.69, 9.17) is 11.6 Å². The third kappa shape index (κ3) is 1.59. The summed E-state index contributed by atoms with van der Waals surface area (Å²) in [6, 6.07) is 5.17. The molecule has 1 aromatic rings. The first kappa shape index (κ1) is 9.40. The summed E-state index contributed by atoms with van der Waals surface area (Å²) in [6.07, 6.45) is 6.41. The molecule has 2 aliphatic rings. The van der Waals surface area contributed by atoms with Crippen molar-refractivity contribution >= 4 is 17.4 Å². The second kappa shape index (κ2) is 3.63. The molecule has 0 aliphatic carbocycles. The summed E-state index contributed by atoms with van der Waals surface area (Å²) < 4.78 is 0. The van der Waals surface area contributed by atoms with Gasteiger partial charge in [-0.2, -0.15) is 5.10 Å². The predicted octanol–water partition coefficient (Wildman–Crippen LogP) is 2.22. The number of nitrogens with zero attached hydrogens (tertiary/aromatic N) is 3. The Hall–Kier alpha value is -0.830. The summed E-state index contributed by atoms with van der Waals surface area (Å²) in [5, 5.41) is 8.51. The molecule has 0 radical (unpaired) electrons. The van der Waals surface area contributed by atoms with E-state index in [0.717, 1.165) is 18.7 Å². The fraction of sp³-hybridized carbons (Fsp3) is 0.636. The van der Waals surface area contributed by atoms with Gasteiger partial charge in [0.05, 0.1) is 0 Å². The predicted molar refractivity (Wildman–Crippen MR) is 60.2 cm³/mol. The van der Waals surface area contributed by atoms with E-state index in [1.807, 2.05) is 12.1 Å². The van der Waals surface area contributed by atoms with Gasteiger partial charge in [-0.05, 0) is 37.8 Å². The molecule has 2 fully saturated rings. The first-order chi connectivity index (χ1) is 7.34. The number of hydrogen-bond donors (Lipinski definition) is 0. The normalized spacial score (nSPS) is 34.5. The first-order valence-electron chi connectivity index (χ1n) is 5.54. The van der Waals surface area contributed by atoms with Crippen molar-refractivity contribution < 1.29 is 0 Å². The minimum atomic E-state index is 0.357. The van der Waals surface area contributed by atoms with Crippen LogP contribution in [0.2, 0.25) is 0 Å². The average molecular weight is 224 g/mol. The number of alkyl halides is 1. The van der Waals surface area contributed by atoms with Gasteiger partial charge in [0.15, 0.2) is 5.82 Å². The van der Waals surface area contributed by atoms with Crippen LogP contribution in [-0.2, 0) is 0 Å². The zero-order valence-corrected chi connectivity index (χ0v) is 9.27. The van der Waals surface area contributed by atoms with E-state index in [0.29, 0.717) is 17.5 Å². The smallest absolute Gasteiger partial charge is 0.151 e. The topological polar surface area (TPSA) is 29.0 Å². The third-order valence-corrected chi connectivity index (χ3v) is 3.85. The molecule has 2 atom stereocenters. The van der Waals surface area contributed by atoms with Crippen LogP contribution in [-0.4, -0.2) is 27.7 Å². The Morgan fingerprint density at radius 2 is 2.00 bits per heavy atom. The van der Waals surface area contributed by atoms with Gasteiger partial charge in [0, 0.05) is 23.7 Å². The molecule has 2 unspecified atom stereocenters. The molecular weight excluding hydrogens is 210 g/mol. The Labute approximate surface area is 94.4 Å². The summed E-state index contributed by atoms with van der Waals surface area (Å²) in [5.41, 5.74) is 0. The molecule has 3 nitrogen and oxygen atoms in total. The number of rotatable bonds is 1. The third-order valence-electron chi connectivity index (χ3n) is 3.50. The number of fused-ring (bicyclic) bond motifs is 2. The summed E-state index contributed by atoms with van der Waals surface area (Å²) in [6.45, 7) is 0. The lowest BCUT2D eigenvalue weighted by molar-refractivity contribution is 0.469. The lowest BCUT2D eigenvalue weighted by Gasteiger charge is -2.37. The van der Waals surface area contributed by atoms with Crippen LogP contribution in [0.3, 0.4) is 0 Å². The van der Waals surface area contributed by atoms with Crippen LogP contribution >= 0.6 is 11.6 Å². The van der Waals surface area contributed by atoms with Gasteiger partial charge in [-0.25, -0.2) is 0 Å². The van der Waals surface area contributed by atoms with Crippen LogP contribution in [0.1, 0.15) is 25.7 Å². The van der Waals surface area contributed by atoms with Gasteiger partial charge < -0.3 is 4.90 Å². The van der Waals surface area contributed by atoms with Crippen LogP contribution in [0.5, 0.6) is 0 Å². The molecule has 1 aromatic heterocycles. The van der Waals surface area contributed by atoms with Crippen molar-refractivity contribution in [3.63, 3.8) is 0 Å². The second-order valence-corrected chi connectivity index (χ2v) is 5.06. The van der Waals surface area contributed by atoms with E-state index < -0.39 is 0 Å². The Balaban J connectivity index is 1.89. The molecule has 2 aliphatic heterocycles. The van der Waals surface area contributed by atoms with Gasteiger partial charge in [0.1, 0.15) is 0 Å². The van der Waals surface area contributed by atoms with Crippen LogP contribution in [0.4, 0.5) is 5.82 Å². The number of hydrogen-bond acceptors (Lipinski definition) is 3. The van der Waals surface area contributed by atoms with Crippen molar-refractivity contribution in [2.45, 2.75) is 43.1 Å². The van der Waals surface area contributed by atoms with E-state index in [2.05, 4.69) is 15.1 Å². The van der Waals surface area contributed by atoms with E-state index in [1.165, 1.54) is 12.8 Å². The van der Waals surface area contributed by atoms with E-state index >= 15 is 0 Å². The SMILES string of the molecule is ClC1CC2CCC(C1)N2c1cccnn1. The van der Waals surface area contributed by atoms with Crippen LogP contribution in [0.25, 0.3) is 0 Å². The maximum absolute atomic E-state index is 6.24. The van der Waals surface area contributed by atoms with Crippen molar-refractivity contribution in [2.75, 3.05) is 4.90 Å². The van der Waals surface area contributed by atoms with Crippen molar-refractivity contribution in [3.05, 3.63) is 18.3 Å². The highest BCUT2D eigenvalue weighted by atomic mass is 35.5. The molecule has 3 rings (SSSR count). The first-order valence-corrected chi connectivity index (χ1v) is 5.98. The number of halogens is 1. The molecule has 80 valence electrons. The molecule has 0 amide bonds. The van der Waals surface area contributed by atoms with Gasteiger partial charge >= 0.3 is 0 Å². The molecule has 4 heteroatoms. The maximum Gasteiger partial charge on any atom is 0.151 e. The summed E-state index contributed by atoms with van der Waals surface area (Å²) >= 11 is 6.24. The Morgan fingerprint density at radius 1 is 1.27 bits per heavy atom. The zero-order chi connectivity index (χ0) is 10.3. The van der Waals surface area contributed by atoms with Gasteiger partial charge in [-0.3, -0.25) is 0 Å². The molecule has 0 spiro atoms. The Morgan fingerprint density at radius 3 is 2.60 bits per heavy atom. The standard InChI is InChI=1S/C11H14ClN3/c12-8-6-9-3-4-10(7-8)15(9)11-2-1-5-13-14-11/h1-2,5,8-10H,3-4,6-7H2. The lowest BCUT2D eigenvalue weighted by atomic mass is 10.0. The summed E-state index contributed by atoms with van der Waals surface area (Å²) in [4.78, 5) is 2.42. The van der Waals surface area contributed by atoms with Crippen molar-refractivity contribution in [3.8, 4) is 0 Å². The fourth-order valence-corrected chi connectivity index (χ4v) is 3.33. The molecule has 3 heterocycles. The highest BCUT2D eigenvalue weighted by Gasteiger charge is 2.40. The minimum absolute atomic E-state index is 0.357. The number of piperidine rings is 1. The van der Waals surface area contributed by atoms with Crippen molar-refractivity contribution in [1.82, 2.24) is 10.2 Å². The van der Waals surface area contributed by atoms with Crippen LogP contribution in [0, 0.1) is 0 Å². The minimum Gasteiger partial charge on any atom is -0.349 e.